The standard InChI is InChI=1S/C21H23N3O4/c1-28-21(27)15-6-5-9-17(12-15)24-19(25)14-10-11-22-18(13-14)20(26)23-16-7-3-2-4-8-16/h5-6,9-13,16H,2-4,7-8H2,1H3,(H,23,26)(H,24,25). The molecule has 1 aliphatic rings. The summed E-state index contributed by atoms with van der Waals surface area (Å²) in [6.07, 6.45) is 6.83. The molecular weight excluding hydrogens is 358 g/mol. The number of esters is 1. The Balaban J connectivity index is 1.68. The van der Waals surface area contributed by atoms with E-state index in [2.05, 4.69) is 20.4 Å². The molecule has 1 aliphatic carbocycles. The van der Waals surface area contributed by atoms with Crippen LogP contribution in [0.1, 0.15) is 63.3 Å². The first-order valence-corrected chi connectivity index (χ1v) is 9.33. The Labute approximate surface area is 163 Å². The maximum absolute atomic E-state index is 12.5. The summed E-state index contributed by atoms with van der Waals surface area (Å²) in [5.41, 5.74) is 1.31. The summed E-state index contributed by atoms with van der Waals surface area (Å²) in [5, 5.41) is 5.71. The number of aromatic nitrogens is 1. The van der Waals surface area contributed by atoms with Crippen molar-refractivity contribution in [3.05, 3.63) is 59.4 Å². The van der Waals surface area contributed by atoms with Gasteiger partial charge in [0.1, 0.15) is 5.69 Å². The number of hydrogen-bond acceptors (Lipinski definition) is 5. The zero-order valence-corrected chi connectivity index (χ0v) is 15.7. The van der Waals surface area contributed by atoms with Gasteiger partial charge in [0.05, 0.1) is 12.7 Å². The van der Waals surface area contributed by atoms with Gasteiger partial charge in [-0.15, -0.1) is 0 Å². The first-order valence-electron chi connectivity index (χ1n) is 9.33. The predicted octanol–water partition coefficient (Wildman–Crippen LogP) is 3.18. The van der Waals surface area contributed by atoms with E-state index >= 15 is 0 Å². The summed E-state index contributed by atoms with van der Waals surface area (Å²) < 4.78 is 4.68. The lowest BCUT2D eigenvalue weighted by Gasteiger charge is -2.22. The van der Waals surface area contributed by atoms with Crippen molar-refractivity contribution in [2.24, 2.45) is 0 Å². The molecule has 3 rings (SSSR count). The zero-order valence-electron chi connectivity index (χ0n) is 15.7. The summed E-state index contributed by atoms with van der Waals surface area (Å²) in [6.45, 7) is 0. The molecule has 28 heavy (non-hydrogen) atoms. The molecule has 1 fully saturated rings. The summed E-state index contributed by atoms with van der Waals surface area (Å²) in [5.74, 6) is -1.15. The van der Waals surface area contributed by atoms with Crippen molar-refractivity contribution in [2.45, 2.75) is 38.1 Å². The minimum Gasteiger partial charge on any atom is -0.465 e. The number of carbonyl (C=O) groups excluding carboxylic acids is 3. The molecule has 0 spiro atoms. The fourth-order valence-electron chi connectivity index (χ4n) is 3.25. The third kappa shape index (κ3) is 4.94. The van der Waals surface area contributed by atoms with E-state index in [9.17, 15) is 14.4 Å². The molecule has 1 aromatic carbocycles. The molecule has 1 saturated carbocycles. The van der Waals surface area contributed by atoms with Crippen molar-refractivity contribution in [1.82, 2.24) is 10.3 Å². The van der Waals surface area contributed by atoms with Gasteiger partial charge in [0.15, 0.2) is 0 Å². The molecule has 2 aromatic rings. The monoisotopic (exact) mass is 381 g/mol. The highest BCUT2D eigenvalue weighted by atomic mass is 16.5. The van der Waals surface area contributed by atoms with Crippen LogP contribution < -0.4 is 10.6 Å². The van der Waals surface area contributed by atoms with Crippen LogP contribution in [-0.4, -0.2) is 35.9 Å². The Hall–Kier alpha value is -3.22. The number of carbonyl (C=O) groups is 3. The first-order chi connectivity index (χ1) is 13.6. The first kappa shape index (κ1) is 19.5. The van der Waals surface area contributed by atoms with E-state index in [0.29, 0.717) is 16.8 Å². The SMILES string of the molecule is COC(=O)c1cccc(NC(=O)c2ccnc(C(=O)NC3CCCCC3)c2)c1. The second kappa shape index (κ2) is 9.12. The van der Waals surface area contributed by atoms with Crippen LogP contribution in [0.25, 0.3) is 0 Å². The minimum atomic E-state index is -0.485. The summed E-state index contributed by atoms with van der Waals surface area (Å²) in [7, 11) is 1.30. The molecule has 0 bridgehead atoms. The quantitative estimate of drug-likeness (QED) is 0.775. The van der Waals surface area contributed by atoms with Crippen LogP contribution in [0, 0.1) is 0 Å². The van der Waals surface area contributed by atoms with Crippen LogP contribution in [-0.2, 0) is 4.74 Å². The lowest BCUT2D eigenvalue weighted by molar-refractivity contribution is 0.0600. The Bertz CT molecular complexity index is 875. The smallest absolute Gasteiger partial charge is 0.337 e. The van der Waals surface area contributed by atoms with Crippen molar-refractivity contribution in [3.8, 4) is 0 Å². The van der Waals surface area contributed by atoms with Gasteiger partial charge >= 0.3 is 5.97 Å². The van der Waals surface area contributed by atoms with Crippen molar-refractivity contribution < 1.29 is 19.1 Å². The van der Waals surface area contributed by atoms with Crippen LogP contribution in [0.3, 0.4) is 0 Å². The molecule has 2 N–H and O–H groups in total. The average molecular weight is 381 g/mol. The predicted molar refractivity (Wildman–Crippen MR) is 104 cm³/mol. The van der Waals surface area contributed by atoms with Gasteiger partial charge in [0, 0.05) is 23.5 Å². The normalized spacial score (nSPS) is 14.2. The number of pyridine rings is 1. The fourth-order valence-corrected chi connectivity index (χ4v) is 3.25. The number of rotatable bonds is 5. The fraction of sp³-hybridized carbons (Fsp3) is 0.333. The summed E-state index contributed by atoms with van der Waals surface area (Å²) >= 11 is 0. The zero-order chi connectivity index (χ0) is 19.9. The molecule has 0 radical (unpaired) electrons. The Morgan fingerprint density at radius 2 is 1.79 bits per heavy atom. The third-order valence-corrected chi connectivity index (χ3v) is 4.74. The van der Waals surface area contributed by atoms with Gasteiger partial charge < -0.3 is 15.4 Å². The molecule has 1 heterocycles. The second-order valence-corrected chi connectivity index (χ2v) is 6.76. The maximum Gasteiger partial charge on any atom is 0.337 e. The topological polar surface area (TPSA) is 97.4 Å². The molecule has 0 atom stereocenters. The molecule has 7 nitrogen and oxygen atoms in total. The number of ether oxygens (including phenoxy) is 1. The largest absolute Gasteiger partial charge is 0.465 e. The van der Waals surface area contributed by atoms with Crippen LogP contribution in [0.2, 0.25) is 0 Å². The minimum absolute atomic E-state index is 0.168. The lowest BCUT2D eigenvalue weighted by Crippen LogP contribution is -2.36. The molecule has 146 valence electrons. The van der Waals surface area contributed by atoms with Gasteiger partial charge in [0.25, 0.3) is 11.8 Å². The maximum atomic E-state index is 12.5. The Morgan fingerprint density at radius 3 is 2.54 bits per heavy atom. The second-order valence-electron chi connectivity index (χ2n) is 6.76. The van der Waals surface area contributed by atoms with E-state index in [1.807, 2.05) is 0 Å². The highest BCUT2D eigenvalue weighted by Gasteiger charge is 2.18. The van der Waals surface area contributed by atoms with Gasteiger partial charge in [-0.05, 0) is 43.2 Å². The number of benzene rings is 1. The average Bonchev–Trinajstić information content (AvgIpc) is 2.74. The molecule has 0 aliphatic heterocycles. The van der Waals surface area contributed by atoms with Gasteiger partial charge in [-0.3, -0.25) is 14.6 Å². The lowest BCUT2D eigenvalue weighted by atomic mass is 9.95. The Kier molecular flexibility index (Phi) is 6.37. The van der Waals surface area contributed by atoms with Gasteiger partial charge in [-0.25, -0.2) is 4.79 Å². The van der Waals surface area contributed by atoms with E-state index in [0.717, 1.165) is 25.7 Å². The van der Waals surface area contributed by atoms with Crippen molar-refractivity contribution >= 4 is 23.5 Å². The number of methoxy groups -OCH3 is 1. The van der Waals surface area contributed by atoms with Gasteiger partial charge in [-0.2, -0.15) is 0 Å². The van der Waals surface area contributed by atoms with Gasteiger partial charge in [-0.1, -0.05) is 25.3 Å². The van der Waals surface area contributed by atoms with E-state index in [-0.39, 0.29) is 17.6 Å². The van der Waals surface area contributed by atoms with Gasteiger partial charge in [0.2, 0.25) is 0 Å². The molecule has 7 heteroatoms. The van der Waals surface area contributed by atoms with Crippen LogP contribution in [0.15, 0.2) is 42.6 Å². The highest BCUT2D eigenvalue weighted by molar-refractivity contribution is 6.06. The highest BCUT2D eigenvalue weighted by Crippen LogP contribution is 2.18. The van der Waals surface area contributed by atoms with E-state index in [1.54, 1.807) is 18.2 Å². The number of nitrogens with zero attached hydrogens (tertiary/aromatic N) is 1. The third-order valence-electron chi connectivity index (χ3n) is 4.74. The molecule has 0 saturated heterocycles. The van der Waals surface area contributed by atoms with E-state index in [4.69, 9.17) is 0 Å². The summed E-state index contributed by atoms with van der Waals surface area (Å²) in [6, 6.07) is 9.62. The van der Waals surface area contributed by atoms with Crippen LogP contribution >= 0.6 is 0 Å². The number of anilines is 1. The van der Waals surface area contributed by atoms with Crippen molar-refractivity contribution in [2.75, 3.05) is 12.4 Å². The van der Waals surface area contributed by atoms with Crippen LogP contribution in [0.4, 0.5) is 5.69 Å². The molecule has 2 amide bonds. The van der Waals surface area contributed by atoms with Crippen LogP contribution in [0.5, 0.6) is 0 Å². The summed E-state index contributed by atoms with van der Waals surface area (Å²) in [4.78, 5) is 40.7. The number of hydrogen-bond donors (Lipinski definition) is 2. The van der Waals surface area contributed by atoms with E-state index < -0.39 is 11.9 Å². The Morgan fingerprint density at radius 1 is 1.00 bits per heavy atom. The molecular formula is C21H23N3O4. The van der Waals surface area contributed by atoms with Crippen molar-refractivity contribution in [3.63, 3.8) is 0 Å². The number of nitrogens with one attached hydrogen (secondary N) is 2. The molecule has 1 aromatic heterocycles. The number of amides is 2. The molecule has 0 unspecified atom stereocenters. The van der Waals surface area contributed by atoms with Crippen molar-refractivity contribution in [1.29, 1.82) is 0 Å². The van der Waals surface area contributed by atoms with E-state index in [1.165, 1.54) is 37.9 Å².